The highest BCUT2D eigenvalue weighted by molar-refractivity contribution is 7.16. The molecule has 154 valence electrons. The van der Waals surface area contributed by atoms with Crippen LogP contribution < -0.4 is 10.1 Å². The van der Waals surface area contributed by atoms with Crippen molar-refractivity contribution in [3.63, 3.8) is 0 Å². The molecule has 2 aromatic carbocycles. The number of para-hydroxylation sites is 1. The summed E-state index contributed by atoms with van der Waals surface area (Å²) in [6.45, 7) is 2.81. The minimum absolute atomic E-state index is 0.0731. The molecule has 0 saturated heterocycles. The lowest BCUT2D eigenvalue weighted by molar-refractivity contribution is 0.102. The van der Waals surface area contributed by atoms with E-state index in [0.29, 0.717) is 6.61 Å². The van der Waals surface area contributed by atoms with Crippen molar-refractivity contribution in [1.29, 1.82) is 0 Å². The fraction of sp³-hybridized carbons (Fsp3) is 0.280. The number of ether oxygens (including phenoxy) is 1. The molecule has 0 saturated carbocycles. The summed E-state index contributed by atoms with van der Waals surface area (Å²) in [7, 11) is 0. The van der Waals surface area contributed by atoms with E-state index < -0.39 is 0 Å². The first-order valence-corrected chi connectivity index (χ1v) is 11.3. The molecule has 30 heavy (non-hydrogen) atoms. The van der Waals surface area contributed by atoms with Gasteiger partial charge in [0.15, 0.2) is 0 Å². The van der Waals surface area contributed by atoms with Crippen LogP contribution in [0.3, 0.4) is 0 Å². The fourth-order valence-electron chi connectivity index (χ4n) is 3.59. The number of amides is 1. The molecule has 3 aromatic rings. The van der Waals surface area contributed by atoms with Crippen molar-refractivity contribution in [1.82, 2.24) is 0 Å². The first-order valence-electron chi connectivity index (χ1n) is 10.5. The van der Waals surface area contributed by atoms with Crippen molar-refractivity contribution in [2.75, 3.05) is 11.9 Å². The molecule has 1 aromatic heterocycles. The van der Waals surface area contributed by atoms with Crippen LogP contribution in [0.15, 0.2) is 59.6 Å². The van der Waals surface area contributed by atoms with E-state index in [9.17, 15) is 4.79 Å². The molecule has 0 atom stereocenters. The van der Waals surface area contributed by atoms with E-state index in [4.69, 9.17) is 9.73 Å². The van der Waals surface area contributed by atoms with Gasteiger partial charge in [-0.15, -0.1) is 11.3 Å². The van der Waals surface area contributed by atoms with Gasteiger partial charge < -0.3 is 10.1 Å². The monoisotopic (exact) mass is 418 g/mol. The summed E-state index contributed by atoms with van der Waals surface area (Å²) < 4.78 is 5.64. The van der Waals surface area contributed by atoms with E-state index in [1.165, 1.54) is 16.9 Å². The van der Waals surface area contributed by atoms with Gasteiger partial charge >= 0.3 is 0 Å². The third kappa shape index (κ3) is 4.79. The zero-order valence-electron chi connectivity index (χ0n) is 17.2. The van der Waals surface area contributed by atoms with Gasteiger partial charge in [-0.2, -0.15) is 0 Å². The second-order valence-corrected chi connectivity index (χ2v) is 8.47. The molecule has 4 nitrogen and oxygen atoms in total. The van der Waals surface area contributed by atoms with E-state index in [0.717, 1.165) is 53.2 Å². The van der Waals surface area contributed by atoms with Crippen LogP contribution >= 0.6 is 11.3 Å². The van der Waals surface area contributed by atoms with Crippen LogP contribution in [0.25, 0.3) is 0 Å². The maximum Gasteiger partial charge on any atom is 0.259 e. The number of nitrogens with one attached hydrogen (secondary N) is 1. The second-order valence-electron chi connectivity index (χ2n) is 7.39. The first kappa shape index (κ1) is 20.4. The molecule has 5 heteroatoms. The molecule has 1 amide bonds. The summed E-state index contributed by atoms with van der Waals surface area (Å²) in [5, 5.41) is 3.83. The lowest BCUT2D eigenvalue weighted by atomic mass is 9.95. The minimum atomic E-state index is -0.0731. The number of hydrogen-bond acceptors (Lipinski definition) is 4. The predicted molar refractivity (Wildman–Crippen MR) is 125 cm³/mol. The van der Waals surface area contributed by atoms with Gasteiger partial charge in [-0.1, -0.05) is 25.1 Å². The Morgan fingerprint density at radius 3 is 2.63 bits per heavy atom. The topological polar surface area (TPSA) is 50.7 Å². The molecule has 0 radical (unpaired) electrons. The van der Waals surface area contributed by atoms with Gasteiger partial charge in [-0.25, -0.2) is 4.99 Å². The summed E-state index contributed by atoms with van der Waals surface area (Å²) in [6, 6.07) is 17.5. The smallest absolute Gasteiger partial charge is 0.259 e. The number of anilines is 1. The normalized spacial score (nSPS) is 13.2. The van der Waals surface area contributed by atoms with Crippen LogP contribution in [0.1, 0.15) is 52.5 Å². The Morgan fingerprint density at radius 1 is 1.10 bits per heavy atom. The molecule has 1 heterocycles. The first-order chi connectivity index (χ1) is 14.7. The molecule has 0 spiro atoms. The van der Waals surface area contributed by atoms with Crippen LogP contribution in [0.4, 0.5) is 10.7 Å². The van der Waals surface area contributed by atoms with Gasteiger partial charge in [0.05, 0.1) is 12.2 Å². The van der Waals surface area contributed by atoms with E-state index in [-0.39, 0.29) is 5.91 Å². The zero-order valence-corrected chi connectivity index (χ0v) is 18.0. The van der Waals surface area contributed by atoms with Crippen molar-refractivity contribution in [3.05, 3.63) is 76.2 Å². The summed E-state index contributed by atoms with van der Waals surface area (Å²) in [5.74, 6) is 0.791. The lowest BCUT2D eigenvalue weighted by Gasteiger charge is -2.12. The Labute approximate surface area is 181 Å². The highest BCUT2D eigenvalue weighted by Crippen LogP contribution is 2.40. The van der Waals surface area contributed by atoms with Crippen LogP contribution in [0.5, 0.6) is 5.75 Å². The number of thiophene rings is 1. The van der Waals surface area contributed by atoms with Gasteiger partial charge in [-0.05, 0) is 79.6 Å². The number of rotatable bonds is 7. The standard InChI is InChI=1S/C25H26N2O2S/c1-2-16-29-20-14-12-18(13-15-20)17-26-25-23(21-10-6-7-11-22(21)30-25)24(28)27-19-8-4-3-5-9-19/h3-5,8-9,12-15,17H,2,6-7,10-11,16H2,1H3,(H,27,28). The number of carbonyl (C=O) groups is 1. The van der Waals surface area contributed by atoms with Gasteiger partial charge in [-0.3, -0.25) is 4.79 Å². The fourth-order valence-corrected chi connectivity index (χ4v) is 4.83. The third-order valence-electron chi connectivity index (χ3n) is 5.10. The number of benzene rings is 2. The van der Waals surface area contributed by atoms with Crippen molar-refractivity contribution in [3.8, 4) is 5.75 Å². The van der Waals surface area contributed by atoms with Crippen LogP contribution in [0.2, 0.25) is 0 Å². The van der Waals surface area contributed by atoms with E-state index in [1.807, 2.05) is 60.8 Å². The molecule has 0 unspecified atom stereocenters. The molecule has 0 aliphatic heterocycles. The average molecular weight is 419 g/mol. The van der Waals surface area contributed by atoms with Crippen LogP contribution in [-0.2, 0) is 12.8 Å². The second kappa shape index (κ2) is 9.72. The van der Waals surface area contributed by atoms with Gasteiger partial charge in [0.2, 0.25) is 0 Å². The van der Waals surface area contributed by atoms with Gasteiger partial charge in [0.25, 0.3) is 5.91 Å². The molecular formula is C25H26N2O2S. The Morgan fingerprint density at radius 2 is 1.87 bits per heavy atom. The quantitative estimate of drug-likeness (QED) is 0.450. The molecular weight excluding hydrogens is 392 g/mol. The minimum Gasteiger partial charge on any atom is -0.494 e. The molecule has 1 aliphatic carbocycles. The van der Waals surface area contributed by atoms with Gasteiger partial charge in [0.1, 0.15) is 10.8 Å². The van der Waals surface area contributed by atoms with Crippen LogP contribution in [-0.4, -0.2) is 18.7 Å². The number of aryl methyl sites for hydroxylation is 1. The maximum absolute atomic E-state index is 13.1. The van der Waals surface area contributed by atoms with Gasteiger partial charge in [0, 0.05) is 16.8 Å². The summed E-state index contributed by atoms with van der Waals surface area (Å²) in [4.78, 5) is 19.2. The van der Waals surface area contributed by atoms with Crippen molar-refractivity contribution in [2.24, 2.45) is 4.99 Å². The maximum atomic E-state index is 13.1. The summed E-state index contributed by atoms with van der Waals surface area (Å²) in [6.07, 6.45) is 7.10. The molecule has 1 aliphatic rings. The SMILES string of the molecule is CCCOc1ccc(C=Nc2sc3c(c2C(=O)Nc2ccccc2)CCCC3)cc1. The molecule has 0 bridgehead atoms. The largest absolute Gasteiger partial charge is 0.494 e. The molecule has 1 N–H and O–H groups in total. The molecule has 4 rings (SSSR count). The van der Waals surface area contributed by atoms with Crippen molar-refractivity contribution in [2.45, 2.75) is 39.0 Å². The van der Waals surface area contributed by atoms with Crippen molar-refractivity contribution < 1.29 is 9.53 Å². The van der Waals surface area contributed by atoms with E-state index in [1.54, 1.807) is 11.3 Å². The highest BCUT2D eigenvalue weighted by Gasteiger charge is 2.25. The summed E-state index contributed by atoms with van der Waals surface area (Å²) >= 11 is 1.65. The van der Waals surface area contributed by atoms with Crippen LogP contribution in [0, 0.1) is 0 Å². The average Bonchev–Trinajstić information content (AvgIpc) is 3.16. The number of carbonyl (C=O) groups excluding carboxylic acids is 1. The summed E-state index contributed by atoms with van der Waals surface area (Å²) in [5.41, 5.74) is 3.70. The van der Waals surface area contributed by atoms with E-state index >= 15 is 0 Å². The third-order valence-corrected chi connectivity index (χ3v) is 6.30. The Bertz CT molecular complexity index is 1020. The Kier molecular flexibility index (Phi) is 6.60. The predicted octanol–water partition coefficient (Wildman–Crippen LogP) is 6.42. The number of hydrogen-bond donors (Lipinski definition) is 1. The van der Waals surface area contributed by atoms with E-state index in [2.05, 4.69) is 12.2 Å². The Hall–Kier alpha value is -2.92. The van der Waals surface area contributed by atoms with Crippen molar-refractivity contribution >= 4 is 34.1 Å². The number of aliphatic imine (C=N–C) groups is 1. The zero-order chi connectivity index (χ0) is 20.8. The molecule has 0 fully saturated rings. The number of fused-ring (bicyclic) bond motifs is 1. The number of nitrogens with zero attached hydrogens (tertiary/aromatic N) is 1. The Balaban J connectivity index is 1.58. The highest BCUT2D eigenvalue weighted by atomic mass is 32.1. The lowest BCUT2D eigenvalue weighted by Crippen LogP contribution is -2.14.